The number of alkyl halides is 2. The number of halogens is 2. The minimum Gasteiger partial charge on any atom is -0.493 e. The predicted molar refractivity (Wildman–Crippen MR) is 80.9 cm³/mol. The lowest BCUT2D eigenvalue weighted by molar-refractivity contribution is -0.118. The molecule has 0 bridgehead atoms. The van der Waals surface area contributed by atoms with Crippen molar-refractivity contribution >= 4 is 0 Å². The number of hydrogen-bond acceptors (Lipinski definition) is 5. The van der Waals surface area contributed by atoms with Crippen molar-refractivity contribution < 1.29 is 27.7 Å². The maximum atomic E-state index is 12.4. The Morgan fingerprint density at radius 3 is 2.35 bits per heavy atom. The van der Waals surface area contributed by atoms with Gasteiger partial charge in [0.15, 0.2) is 17.8 Å². The van der Waals surface area contributed by atoms with Gasteiger partial charge in [-0.15, -0.1) is 0 Å². The number of rotatable bonds is 10. The quantitative estimate of drug-likeness (QED) is 0.617. The van der Waals surface area contributed by atoms with Crippen LogP contribution in [0.25, 0.3) is 0 Å². The molecular weight excluding hydrogens is 308 g/mol. The fraction of sp³-hybridized carbons (Fsp3) is 0.625. The minimum atomic E-state index is -2.87. The normalized spacial score (nSPS) is 14.8. The van der Waals surface area contributed by atoms with Crippen molar-refractivity contribution in [1.29, 1.82) is 0 Å². The number of hydrogen-bond donors (Lipinski definition) is 0. The molecule has 0 saturated heterocycles. The fourth-order valence-electron chi connectivity index (χ4n) is 2.46. The van der Waals surface area contributed by atoms with Gasteiger partial charge in [-0.25, -0.2) is 0 Å². The lowest BCUT2D eigenvalue weighted by Gasteiger charge is -2.26. The first-order valence-corrected chi connectivity index (χ1v) is 7.48. The molecule has 5 nitrogen and oxygen atoms in total. The number of ether oxygens (including phenoxy) is 4. The summed E-state index contributed by atoms with van der Waals surface area (Å²) >= 11 is 0. The molecule has 23 heavy (non-hydrogen) atoms. The van der Waals surface area contributed by atoms with E-state index in [-0.39, 0.29) is 12.0 Å². The van der Waals surface area contributed by atoms with Crippen molar-refractivity contribution in [3.63, 3.8) is 0 Å². The third-order valence-electron chi connectivity index (χ3n) is 3.80. The molecule has 0 aromatic heterocycles. The molecule has 0 atom stereocenters. The van der Waals surface area contributed by atoms with Gasteiger partial charge in [0.2, 0.25) is 0 Å². The first-order valence-electron chi connectivity index (χ1n) is 7.48. The number of nitrogens with zero attached hydrogens (tertiary/aromatic N) is 1. The number of methoxy groups -OCH3 is 3. The highest BCUT2D eigenvalue weighted by atomic mass is 19.3. The van der Waals surface area contributed by atoms with Crippen LogP contribution in [0.1, 0.15) is 18.4 Å². The Balaban J connectivity index is 2.07. The van der Waals surface area contributed by atoms with E-state index in [0.29, 0.717) is 24.9 Å². The number of benzene rings is 1. The zero-order chi connectivity index (χ0) is 16.8. The summed E-state index contributed by atoms with van der Waals surface area (Å²) in [7, 11) is 4.65. The summed E-state index contributed by atoms with van der Waals surface area (Å²) in [6, 6.07) is 5.51. The van der Waals surface area contributed by atoms with Gasteiger partial charge >= 0.3 is 6.61 Å². The van der Waals surface area contributed by atoms with Gasteiger partial charge < -0.3 is 18.9 Å². The molecule has 1 aromatic carbocycles. The van der Waals surface area contributed by atoms with Crippen LogP contribution in [-0.4, -0.2) is 51.7 Å². The van der Waals surface area contributed by atoms with Crippen LogP contribution < -0.4 is 9.47 Å². The zero-order valence-corrected chi connectivity index (χ0v) is 13.6. The molecule has 0 aliphatic heterocycles. The molecule has 0 radical (unpaired) electrons. The summed E-state index contributed by atoms with van der Waals surface area (Å²) in [6.45, 7) is -1.56. The predicted octanol–water partition coefficient (Wildman–Crippen LogP) is 2.88. The molecule has 0 N–H and O–H groups in total. The molecule has 2 rings (SSSR count). The van der Waals surface area contributed by atoms with Crippen LogP contribution in [0.2, 0.25) is 0 Å². The highest BCUT2D eigenvalue weighted by Crippen LogP contribution is 2.32. The van der Waals surface area contributed by atoms with E-state index in [1.54, 1.807) is 26.4 Å². The molecule has 1 aliphatic carbocycles. The van der Waals surface area contributed by atoms with Crippen LogP contribution >= 0.6 is 0 Å². The smallest absolute Gasteiger partial charge is 0.387 e. The van der Waals surface area contributed by atoms with Crippen molar-refractivity contribution in [2.45, 2.75) is 38.3 Å². The average Bonchev–Trinajstić information content (AvgIpc) is 3.37. The van der Waals surface area contributed by atoms with E-state index in [4.69, 9.17) is 14.2 Å². The van der Waals surface area contributed by atoms with Crippen molar-refractivity contribution in [2.75, 3.05) is 27.9 Å². The fourth-order valence-corrected chi connectivity index (χ4v) is 2.46. The molecular formula is C16H23F2NO4. The average molecular weight is 331 g/mol. The molecule has 7 heteroatoms. The van der Waals surface area contributed by atoms with Gasteiger partial charge in [0.25, 0.3) is 0 Å². The molecule has 0 spiro atoms. The van der Waals surface area contributed by atoms with E-state index in [0.717, 1.165) is 18.4 Å². The Labute approximate surface area is 135 Å². The first kappa shape index (κ1) is 17.9. The Bertz CT molecular complexity index is 493. The monoisotopic (exact) mass is 331 g/mol. The summed E-state index contributed by atoms with van der Waals surface area (Å²) in [5.41, 5.74) is 0.960. The molecule has 1 fully saturated rings. The Morgan fingerprint density at radius 1 is 1.13 bits per heavy atom. The molecule has 1 aliphatic rings. The highest BCUT2D eigenvalue weighted by molar-refractivity contribution is 5.43. The van der Waals surface area contributed by atoms with Gasteiger partial charge in [0.1, 0.15) is 0 Å². The van der Waals surface area contributed by atoms with E-state index in [1.165, 1.54) is 13.2 Å². The van der Waals surface area contributed by atoms with E-state index in [2.05, 4.69) is 9.64 Å². The van der Waals surface area contributed by atoms with Gasteiger partial charge in [-0.05, 0) is 30.5 Å². The maximum absolute atomic E-state index is 12.4. The van der Waals surface area contributed by atoms with Crippen molar-refractivity contribution in [1.82, 2.24) is 4.90 Å². The lowest BCUT2D eigenvalue weighted by atomic mass is 10.2. The summed E-state index contributed by atoms with van der Waals surface area (Å²) in [6.07, 6.45) is 1.99. The summed E-state index contributed by atoms with van der Waals surface area (Å²) in [5, 5.41) is 0. The Kier molecular flexibility index (Phi) is 6.56. The topological polar surface area (TPSA) is 40.2 Å². The van der Waals surface area contributed by atoms with E-state index in [1.807, 2.05) is 0 Å². The molecule has 0 amide bonds. The Hall–Kier alpha value is -1.44. The summed E-state index contributed by atoms with van der Waals surface area (Å²) < 4.78 is 44.8. The Morgan fingerprint density at radius 2 is 1.83 bits per heavy atom. The van der Waals surface area contributed by atoms with Crippen LogP contribution in [0, 0.1) is 0 Å². The highest BCUT2D eigenvalue weighted by Gasteiger charge is 2.30. The van der Waals surface area contributed by atoms with Crippen molar-refractivity contribution in [3.05, 3.63) is 23.8 Å². The van der Waals surface area contributed by atoms with Gasteiger partial charge in [0, 0.05) is 26.8 Å². The molecule has 130 valence electrons. The van der Waals surface area contributed by atoms with E-state index < -0.39 is 6.61 Å². The second-order valence-corrected chi connectivity index (χ2v) is 5.43. The SMILES string of the molecule is COc1cc(CN(CC(OC)OC)C2CC2)ccc1OC(F)F. The zero-order valence-electron chi connectivity index (χ0n) is 13.6. The summed E-state index contributed by atoms with van der Waals surface area (Å²) in [5.74, 6) is 0.337. The maximum Gasteiger partial charge on any atom is 0.387 e. The minimum absolute atomic E-state index is 0.0379. The third-order valence-corrected chi connectivity index (χ3v) is 3.80. The lowest BCUT2D eigenvalue weighted by Crippen LogP contribution is -2.35. The molecule has 1 aromatic rings. The van der Waals surface area contributed by atoms with Gasteiger partial charge in [-0.2, -0.15) is 8.78 Å². The second-order valence-electron chi connectivity index (χ2n) is 5.43. The second kappa shape index (κ2) is 8.42. The van der Waals surface area contributed by atoms with Crippen LogP contribution in [-0.2, 0) is 16.0 Å². The van der Waals surface area contributed by atoms with Gasteiger partial charge in [-0.1, -0.05) is 6.07 Å². The standard InChI is InChI=1S/C16H23F2NO4/c1-20-14-8-11(4-7-13(14)23-16(17)18)9-19(12-5-6-12)10-15(21-2)22-3/h4,7-8,12,15-16H,5-6,9-10H2,1-3H3. The molecule has 1 saturated carbocycles. The van der Waals surface area contributed by atoms with Crippen molar-refractivity contribution in [3.8, 4) is 11.5 Å². The van der Waals surface area contributed by atoms with Crippen molar-refractivity contribution in [2.24, 2.45) is 0 Å². The van der Waals surface area contributed by atoms with Crippen LogP contribution in [0.15, 0.2) is 18.2 Å². The first-order chi connectivity index (χ1) is 11.1. The summed E-state index contributed by atoms with van der Waals surface area (Å²) in [4.78, 5) is 2.26. The third kappa shape index (κ3) is 5.30. The van der Waals surface area contributed by atoms with Crippen LogP contribution in [0.3, 0.4) is 0 Å². The van der Waals surface area contributed by atoms with Crippen LogP contribution in [0.4, 0.5) is 8.78 Å². The van der Waals surface area contributed by atoms with E-state index in [9.17, 15) is 8.78 Å². The molecule has 0 heterocycles. The molecule has 0 unspecified atom stereocenters. The van der Waals surface area contributed by atoms with Gasteiger partial charge in [0.05, 0.1) is 13.7 Å². The van der Waals surface area contributed by atoms with E-state index >= 15 is 0 Å². The largest absolute Gasteiger partial charge is 0.493 e. The van der Waals surface area contributed by atoms with Crippen LogP contribution in [0.5, 0.6) is 11.5 Å². The van der Waals surface area contributed by atoms with Gasteiger partial charge in [-0.3, -0.25) is 4.90 Å².